The van der Waals surface area contributed by atoms with Gasteiger partial charge in [-0.25, -0.2) is 0 Å². The largest absolute Gasteiger partial charge is 0.493 e. The van der Waals surface area contributed by atoms with Gasteiger partial charge in [0.15, 0.2) is 11.5 Å². The molecule has 2 rings (SSSR count). The van der Waals surface area contributed by atoms with Crippen LogP contribution in [0.15, 0.2) is 18.2 Å². The number of alkyl halides is 2. The molecule has 0 aliphatic carbocycles. The second-order valence-corrected chi connectivity index (χ2v) is 5.59. The normalized spacial score (nSPS) is 20.7. The fraction of sp³-hybridized carbons (Fsp3) is 0.467. The molecule has 1 aromatic rings. The number of likely N-dealkylation sites (tertiary alicyclic amines) is 1. The van der Waals surface area contributed by atoms with Gasteiger partial charge in [-0.15, -0.1) is 0 Å². The lowest BCUT2D eigenvalue weighted by Crippen LogP contribution is -2.34. The van der Waals surface area contributed by atoms with Gasteiger partial charge in [0, 0.05) is 18.7 Å². The van der Waals surface area contributed by atoms with Crippen LogP contribution in [0.4, 0.5) is 8.78 Å². The van der Waals surface area contributed by atoms with Gasteiger partial charge in [0.05, 0.1) is 12.5 Å². The van der Waals surface area contributed by atoms with Crippen LogP contribution in [0.3, 0.4) is 0 Å². The molecule has 0 bridgehead atoms. The number of carboxylic acid groups (broad SMARTS) is 1. The fourth-order valence-corrected chi connectivity index (χ4v) is 2.49. The molecule has 1 aliphatic heterocycles. The first-order valence-electron chi connectivity index (χ1n) is 6.92. The molecule has 0 radical (unpaired) electrons. The van der Waals surface area contributed by atoms with E-state index >= 15 is 0 Å². The molecule has 1 unspecified atom stereocenters. The predicted octanol–water partition coefficient (Wildman–Crippen LogP) is 2.23. The second kappa shape index (κ2) is 6.39. The number of amides is 1. The van der Waals surface area contributed by atoms with Crippen molar-refractivity contribution in [1.82, 2.24) is 4.90 Å². The van der Waals surface area contributed by atoms with Crippen molar-refractivity contribution in [2.24, 2.45) is 5.41 Å². The summed E-state index contributed by atoms with van der Waals surface area (Å²) in [5.74, 6) is -1.56. The summed E-state index contributed by atoms with van der Waals surface area (Å²) in [7, 11) is 1.30. The highest BCUT2D eigenvalue weighted by atomic mass is 19.3. The Morgan fingerprint density at radius 3 is 2.57 bits per heavy atom. The van der Waals surface area contributed by atoms with E-state index < -0.39 is 23.9 Å². The standard InChI is InChI=1S/C15H17F2NO5/c1-15(13(20)21)5-6-18(8-15)12(19)9-3-4-10(22-2)11(7-9)23-14(16)17/h3-4,7,14H,5-6,8H2,1-2H3,(H,20,21). The van der Waals surface area contributed by atoms with Gasteiger partial charge >= 0.3 is 12.6 Å². The maximum absolute atomic E-state index is 12.4. The molecule has 1 fully saturated rings. The minimum Gasteiger partial charge on any atom is -0.493 e. The number of carbonyl (C=O) groups is 2. The second-order valence-electron chi connectivity index (χ2n) is 5.59. The van der Waals surface area contributed by atoms with Crippen molar-refractivity contribution in [2.75, 3.05) is 20.2 Å². The number of nitrogens with zero attached hydrogens (tertiary/aromatic N) is 1. The molecule has 6 nitrogen and oxygen atoms in total. The Labute approximate surface area is 131 Å². The molecule has 1 amide bonds. The van der Waals surface area contributed by atoms with E-state index in [1.54, 1.807) is 6.92 Å². The smallest absolute Gasteiger partial charge is 0.387 e. The summed E-state index contributed by atoms with van der Waals surface area (Å²) >= 11 is 0. The summed E-state index contributed by atoms with van der Waals surface area (Å²) in [5, 5.41) is 9.20. The molecule has 126 valence electrons. The van der Waals surface area contributed by atoms with Crippen molar-refractivity contribution in [1.29, 1.82) is 0 Å². The molecule has 1 N–H and O–H groups in total. The number of hydrogen-bond acceptors (Lipinski definition) is 4. The van der Waals surface area contributed by atoms with Crippen LogP contribution >= 0.6 is 0 Å². The van der Waals surface area contributed by atoms with E-state index in [9.17, 15) is 23.5 Å². The molecule has 0 saturated carbocycles. The molecule has 1 saturated heterocycles. The lowest BCUT2D eigenvalue weighted by atomic mass is 9.90. The van der Waals surface area contributed by atoms with Gasteiger partial charge in [-0.2, -0.15) is 8.78 Å². The van der Waals surface area contributed by atoms with Crippen LogP contribution in [0.5, 0.6) is 11.5 Å². The Kier molecular flexibility index (Phi) is 4.72. The number of aliphatic carboxylic acids is 1. The predicted molar refractivity (Wildman–Crippen MR) is 75.9 cm³/mol. The number of hydrogen-bond donors (Lipinski definition) is 1. The van der Waals surface area contributed by atoms with Gasteiger partial charge in [-0.05, 0) is 31.5 Å². The third-order valence-corrected chi connectivity index (χ3v) is 3.90. The summed E-state index contributed by atoms with van der Waals surface area (Å²) in [6.45, 7) is -1.12. The van der Waals surface area contributed by atoms with Gasteiger partial charge in [0.25, 0.3) is 5.91 Å². The Hall–Kier alpha value is -2.38. The van der Waals surface area contributed by atoms with Gasteiger partial charge < -0.3 is 19.5 Å². The van der Waals surface area contributed by atoms with Crippen LogP contribution in [0, 0.1) is 5.41 Å². The van der Waals surface area contributed by atoms with Crippen molar-refractivity contribution in [3.63, 3.8) is 0 Å². The zero-order chi connectivity index (χ0) is 17.2. The summed E-state index contributed by atoms with van der Waals surface area (Å²) in [5.41, 5.74) is -0.860. The minimum atomic E-state index is -3.05. The van der Waals surface area contributed by atoms with Gasteiger partial charge in [-0.3, -0.25) is 9.59 Å². The van der Waals surface area contributed by atoms with Crippen molar-refractivity contribution in [3.8, 4) is 11.5 Å². The Balaban J connectivity index is 2.22. The molecule has 8 heteroatoms. The topological polar surface area (TPSA) is 76.1 Å². The number of ether oxygens (including phenoxy) is 2. The summed E-state index contributed by atoms with van der Waals surface area (Å²) in [4.78, 5) is 25.1. The average molecular weight is 329 g/mol. The van der Waals surface area contributed by atoms with Crippen LogP contribution in [0.25, 0.3) is 0 Å². The van der Waals surface area contributed by atoms with E-state index in [4.69, 9.17) is 4.74 Å². The Morgan fingerprint density at radius 2 is 2.04 bits per heavy atom. The Bertz CT molecular complexity index is 622. The molecule has 1 atom stereocenters. The highest BCUT2D eigenvalue weighted by molar-refractivity contribution is 5.95. The molecular formula is C15H17F2NO5. The van der Waals surface area contributed by atoms with Gasteiger partial charge in [0.2, 0.25) is 0 Å². The average Bonchev–Trinajstić information content (AvgIpc) is 2.90. The monoisotopic (exact) mass is 329 g/mol. The first kappa shape index (κ1) is 17.0. The van der Waals surface area contributed by atoms with E-state index in [1.807, 2.05) is 0 Å². The molecule has 1 aromatic carbocycles. The van der Waals surface area contributed by atoms with Crippen LogP contribution < -0.4 is 9.47 Å². The van der Waals surface area contributed by atoms with Crippen LogP contribution in [-0.2, 0) is 4.79 Å². The third kappa shape index (κ3) is 3.52. The van der Waals surface area contributed by atoms with E-state index in [-0.39, 0.29) is 23.6 Å². The molecule has 0 spiro atoms. The van der Waals surface area contributed by atoms with Crippen LogP contribution in [0.2, 0.25) is 0 Å². The molecular weight excluding hydrogens is 312 g/mol. The van der Waals surface area contributed by atoms with E-state index in [0.29, 0.717) is 13.0 Å². The number of methoxy groups -OCH3 is 1. The summed E-state index contributed by atoms with van der Waals surface area (Å²) < 4.78 is 34.1. The zero-order valence-electron chi connectivity index (χ0n) is 12.7. The van der Waals surface area contributed by atoms with Crippen molar-refractivity contribution in [2.45, 2.75) is 20.0 Å². The van der Waals surface area contributed by atoms with Crippen LogP contribution in [-0.4, -0.2) is 48.7 Å². The number of halogens is 2. The number of carboxylic acids is 1. The van der Waals surface area contributed by atoms with Crippen LogP contribution in [0.1, 0.15) is 23.7 Å². The van der Waals surface area contributed by atoms with Crippen molar-refractivity contribution in [3.05, 3.63) is 23.8 Å². The maximum atomic E-state index is 12.4. The van der Waals surface area contributed by atoms with E-state index in [0.717, 1.165) is 0 Å². The lowest BCUT2D eigenvalue weighted by Gasteiger charge is -2.20. The van der Waals surface area contributed by atoms with Gasteiger partial charge in [0.1, 0.15) is 0 Å². The molecule has 1 heterocycles. The molecule has 0 aromatic heterocycles. The molecule has 1 aliphatic rings. The summed E-state index contributed by atoms with van der Waals surface area (Å²) in [6.07, 6.45) is 0.338. The number of rotatable bonds is 5. The van der Waals surface area contributed by atoms with E-state index in [1.165, 1.54) is 30.2 Å². The fourth-order valence-electron chi connectivity index (χ4n) is 2.49. The van der Waals surface area contributed by atoms with Crippen molar-refractivity contribution >= 4 is 11.9 Å². The van der Waals surface area contributed by atoms with Crippen molar-refractivity contribution < 1.29 is 33.0 Å². The first-order chi connectivity index (χ1) is 10.8. The highest BCUT2D eigenvalue weighted by Gasteiger charge is 2.42. The molecule has 23 heavy (non-hydrogen) atoms. The number of benzene rings is 1. The maximum Gasteiger partial charge on any atom is 0.387 e. The summed E-state index contributed by atoms with van der Waals surface area (Å²) in [6, 6.07) is 3.96. The first-order valence-corrected chi connectivity index (χ1v) is 6.92. The number of carbonyl (C=O) groups excluding carboxylic acids is 1. The highest BCUT2D eigenvalue weighted by Crippen LogP contribution is 2.33. The third-order valence-electron chi connectivity index (χ3n) is 3.90. The van der Waals surface area contributed by atoms with Gasteiger partial charge in [-0.1, -0.05) is 0 Å². The minimum absolute atomic E-state index is 0.0677. The lowest BCUT2D eigenvalue weighted by molar-refractivity contribution is -0.147. The zero-order valence-corrected chi connectivity index (χ0v) is 12.7. The Morgan fingerprint density at radius 1 is 1.35 bits per heavy atom. The van der Waals surface area contributed by atoms with E-state index in [2.05, 4.69) is 4.74 Å². The quantitative estimate of drug-likeness (QED) is 0.896. The SMILES string of the molecule is COc1ccc(C(=O)N2CCC(C)(C(=O)O)C2)cc1OC(F)F.